The zero-order valence-electron chi connectivity index (χ0n) is 12.6. The Balaban J connectivity index is 1.84. The third-order valence-corrected chi connectivity index (χ3v) is 5.05. The lowest BCUT2D eigenvalue weighted by molar-refractivity contribution is 0.0706. The number of nitrogens with one attached hydrogen (secondary N) is 1. The molecule has 1 aliphatic rings. The second kappa shape index (κ2) is 6.03. The highest BCUT2D eigenvalue weighted by molar-refractivity contribution is 7.99. The molecule has 4 nitrogen and oxygen atoms in total. The molecular formula is C19H14N2O2S. The van der Waals surface area contributed by atoms with Crippen LogP contribution < -0.4 is 10.4 Å². The SMILES string of the molecule is O=C(NO)c1ccc(N2c3ccccc3Sc3ccccc32)cc1. The molecule has 118 valence electrons. The average molecular weight is 334 g/mol. The van der Waals surface area contributed by atoms with Crippen LogP contribution in [0.5, 0.6) is 0 Å². The van der Waals surface area contributed by atoms with Gasteiger partial charge in [-0.3, -0.25) is 10.0 Å². The van der Waals surface area contributed by atoms with Crippen LogP contribution in [0.25, 0.3) is 0 Å². The minimum atomic E-state index is -0.517. The zero-order chi connectivity index (χ0) is 16.5. The van der Waals surface area contributed by atoms with Crippen LogP contribution in [0, 0.1) is 0 Å². The molecule has 1 amide bonds. The van der Waals surface area contributed by atoms with Gasteiger partial charge >= 0.3 is 0 Å². The molecule has 0 spiro atoms. The fraction of sp³-hybridized carbons (Fsp3) is 0. The van der Waals surface area contributed by atoms with Crippen molar-refractivity contribution in [1.29, 1.82) is 0 Å². The Morgan fingerprint density at radius 2 is 1.38 bits per heavy atom. The Morgan fingerprint density at radius 3 is 1.92 bits per heavy atom. The maximum atomic E-state index is 11.5. The average Bonchev–Trinajstić information content (AvgIpc) is 2.65. The minimum Gasteiger partial charge on any atom is -0.308 e. The summed E-state index contributed by atoms with van der Waals surface area (Å²) in [7, 11) is 0. The maximum Gasteiger partial charge on any atom is 0.274 e. The van der Waals surface area contributed by atoms with Crippen molar-refractivity contribution in [2.24, 2.45) is 0 Å². The summed E-state index contributed by atoms with van der Waals surface area (Å²) in [5.41, 5.74) is 5.25. The fourth-order valence-corrected chi connectivity index (χ4v) is 3.87. The molecule has 1 heterocycles. The summed E-state index contributed by atoms with van der Waals surface area (Å²) in [6.07, 6.45) is 0. The number of carbonyl (C=O) groups is 1. The van der Waals surface area contributed by atoms with Gasteiger partial charge in [0.1, 0.15) is 0 Å². The highest BCUT2D eigenvalue weighted by atomic mass is 32.2. The molecular weight excluding hydrogens is 320 g/mol. The van der Waals surface area contributed by atoms with Crippen LogP contribution >= 0.6 is 11.8 Å². The van der Waals surface area contributed by atoms with Gasteiger partial charge in [-0.25, -0.2) is 5.48 Å². The topological polar surface area (TPSA) is 52.6 Å². The van der Waals surface area contributed by atoms with E-state index in [0.717, 1.165) is 17.1 Å². The van der Waals surface area contributed by atoms with Gasteiger partial charge in [0, 0.05) is 21.0 Å². The molecule has 0 bridgehead atoms. The van der Waals surface area contributed by atoms with Crippen LogP contribution in [-0.2, 0) is 0 Å². The maximum absolute atomic E-state index is 11.5. The molecule has 0 aliphatic carbocycles. The molecule has 0 radical (unpaired) electrons. The van der Waals surface area contributed by atoms with Gasteiger partial charge in [0.05, 0.1) is 11.4 Å². The largest absolute Gasteiger partial charge is 0.308 e. The Bertz CT molecular complexity index is 864. The van der Waals surface area contributed by atoms with E-state index in [1.54, 1.807) is 29.4 Å². The molecule has 3 aromatic rings. The fourth-order valence-electron chi connectivity index (χ4n) is 2.81. The van der Waals surface area contributed by atoms with Gasteiger partial charge in [0.2, 0.25) is 0 Å². The van der Waals surface area contributed by atoms with Crippen molar-refractivity contribution in [1.82, 2.24) is 5.48 Å². The number of hydrogen-bond donors (Lipinski definition) is 2. The van der Waals surface area contributed by atoms with Crippen LogP contribution in [0.3, 0.4) is 0 Å². The van der Waals surface area contributed by atoms with Crippen LogP contribution in [0.1, 0.15) is 10.4 Å². The number of benzene rings is 3. The molecule has 5 heteroatoms. The van der Waals surface area contributed by atoms with Crippen molar-refractivity contribution < 1.29 is 10.0 Å². The van der Waals surface area contributed by atoms with Crippen molar-refractivity contribution in [3.05, 3.63) is 78.4 Å². The molecule has 3 aromatic carbocycles. The molecule has 0 fully saturated rings. The number of rotatable bonds is 2. The molecule has 0 atom stereocenters. The molecule has 0 saturated heterocycles. The van der Waals surface area contributed by atoms with Gasteiger partial charge in [0.15, 0.2) is 0 Å². The molecule has 4 rings (SSSR count). The first-order valence-corrected chi connectivity index (χ1v) is 8.30. The minimum absolute atomic E-state index is 0.411. The quantitative estimate of drug-likeness (QED) is 0.411. The molecule has 0 unspecified atom stereocenters. The summed E-state index contributed by atoms with van der Waals surface area (Å²) in [6.45, 7) is 0. The summed E-state index contributed by atoms with van der Waals surface area (Å²) in [4.78, 5) is 16.1. The van der Waals surface area contributed by atoms with E-state index >= 15 is 0 Å². The van der Waals surface area contributed by atoms with Crippen molar-refractivity contribution in [2.75, 3.05) is 4.90 Å². The smallest absolute Gasteiger partial charge is 0.274 e. The number of anilines is 3. The van der Waals surface area contributed by atoms with Gasteiger partial charge in [0.25, 0.3) is 5.91 Å². The zero-order valence-corrected chi connectivity index (χ0v) is 13.5. The number of carbonyl (C=O) groups excluding carboxylic acids is 1. The highest BCUT2D eigenvalue weighted by Crippen LogP contribution is 2.50. The van der Waals surface area contributed by atoms with E-state index in [1.165, 1.54) is 9.79 Å². The highest BCUT2D eigenvalue weighted by Gasteiger charge is 2.24. The first kappa shape index (κ1) is 14.8. The standard InChI is InChI=1S/C19H14N2O2S/c22-19(20-23)13-9-11-14(12-10-13)21-15-5-1-3-7-17(15)24-18-8-4-2-6-16(18)21/h1-12,23H,(H,20,22). The van der Waals surface area contributed by atoms with Gasteiger partial charge < -0.3 is 4.90 Å². The first-order valence-electron chi connectivity index (χ1n) is 7.48. The van der Waals surface area contributed by atoms with Crippen molar-refractivity contribution in [2.45, 2.75) is 9.79 Å². The Kier molecular flexibility index (Phi) is 3.72. The van der Waals surface area contributed by atoms with E-state index in [-0.39, 0.29) is 0 Å². The number of fused-ring (bicyclic) bond motifs is 2. The van der Waals surface area contributed by atoms with E-state index in [1.807, 2.05) is 36.4 Å². The van der Waals surface area contributed by atoms with Crippen molar-refractivity contribution >= 4 is 34.7 Å². The molecule has 1 aliphatic heterocycles. The lowest BCUT2D eigenvalue weighted by atomic mass is 10.1. The molecule has 24 heavy (non-hydrogen) atoms. The van der Waals surface area contributed by atoms with E-state index < -0.39 is 5.91 Å². The summed E-state index contributed by atoms with van der Waals surface area (Å²) in [6, 6.07) is 23.7. The van der Waals surface area contributed by atoms with Gasteiger partial charge in [-0.05, 0) is 48.5 Å². The summed E-state index contributed by atoms with van der Waals surface area (Å²) < 4.78 is 0. The third kappa shape index (κ3) is 2.44. The Morgan fingerprint density at radius 1 is 0.833 bits per heavy atom. The lowest BCUT2D eigenvalue weighted by Gasteiger charge is -2.32. The molecule has 2 N–H and O–H groups in total. The van der Waals surface area contributed by atoms with E-state index in [0.29, 0.717) is 5.56 Å². The lowest BCUT2D eigenvalue weighted by Crippen LogP contribution is -2.19. The summed E-state index contributed by atoms with van der Waals surface area (Å²) in [5.74, 6) is -0.517. The van der Waals surface area contributed by atoms with Crippen LogP contribution in [0.4, 0.5) is 17.1 Å². The van der Waals surface area contributed by atoms with E-state index in [4.69, 9.17) is 5.21 Å². The van der Waals surface area contributed by atoms with Gasteiger partial charge in [-0.2, -0.15) is 0 Å². The number of para-hydroxylation sites is 2. The van der Waals surface area contributed by atoms with Crippen LogP contribution in [-0.4, -0.2) is 11.1 Å². The van der Waals surface area contributed by atoms with E-state index in [2.05, 4.69) is 29.2 Å². The van der Waals surface area contributed by atoms with E-state index in [9.17, 15) is 4.79 Å². The second-order valence-corrected chi connectivity index (χ2v) is 6.44. The van der Waals surface area contributed by atoms with Crippen molar-refractivity contribution in [3.8, 4) is 0 Å². The first-order chi connectivity index (χ1) is 11.8. The van der Waals surface area contributed by atoms with Gasteiger partial charge in [-0.1, -0.05) is 36.0 Å². The second-order valence-electron chi connectivity index (χ2n) is 5.36. The number of amides is 1. The summed E-state index contributed by atoms with van der Waals surface area (Å²) in [5, 5.41) is 8.75. The molecule has 0 saturated carbocycles. The van der Waals surface area contributed by atoms with Crippen LogP contribution in [0.2, 0.25) is 0 Å². The third-order valence-electron chi connectivity index (χ3n) is 3.92. The summed E-state index contributed by atoms with van der Waals surface area (Å²) >= 11 is 1.75. The number of hydroxylamine groups is 1. The number of nitrogens with zero attached hydrogens (tertiary/aromatic N) is 1. The normalized spacial score (nSPS) is 12.3. The van der Waals surface area contributed by atoms with Gasteiger partial charge in [-0.15, -0.1) is 0 Å². The van der Waals surface area contributed by atoms with Crippen molar-refractivity contribution in [3.63, 3.8) is 0 Å². The van der Waals surface area contributed by atoms with Crippen LogP contribution in [0.15, 0.2) is 82.6 Å². The Hall–Kier alpha value is -2.76. The predicted molar refractivity (Wildman–Crippen MR) is 94.5 cm³/mol. The monoisotopic (exact) mass is 334 g/mol. The Labute approximate surface area is 143 Å². The number of hydrogen-bond acceptors (Lipinski definition) is 4. The molecule has 0 aromatic heterocycles. The predicted octanol–water partition coefficient (Wildman–Crippen LogP) is 4.74.